The Hall–Kier alpha value is -4.98. The molecule has 0 unspecified atom stereocenters. The van der Waals surface area contributed by atoms with Crippen molar-refractivity contribution in [2.75, 3.05) is 9.80 Å². The third-order valence-corrected chi connectivity index (χ3v) is 10.4. The van der Waals surface area contributed by atoms with Gasteiger partial charge in [-0.15, -0.1) is 0 Å². The molecule has 4 aliphatic carbocycles. The van der Waals surface area contributed by atoms with Crippen molar-refractivity contribution in [1.82, 2.24) is 0 Å². The number of benzene rings is 3. The first-order chi connectivity index (χ1) is 21.4. The fourth-order valence-electron chi connectivity index (χ4n) is 8.49. The number of carbonyl (C=O) groups is 4. The highest BCUT2D eigenvalue weighted by Gasteiger charge is 2.60. The molecular weight excluding hydrogens is 556 g/mol. The van der Waals surface area contributed by atoms with E-state index in [9.17, 15) is 19.2 Å². The average molecular weight is 585 g/mol. The minimum atomic E-state index is -0.224. The lowest BCUT2D eigenvalue weighted by molar-refractivity contribution is -0.124. The number of nitrogens with zero attached hydrogens (tertiary/aromatic N) is 2. The molecule has 2 heterocycles. The molecule has 2 aliphatic heterocycles. The van der Waals surface area contributed by atoms with E-state index in [4.69, 9.17) is 9.47 Å². The third-order valence-electron chi connectivity index (χ3n) is 10.4. The predicted octanol–water partition coefficient (Wildman–Crippen LogP) is 5.89. The number of hydrogen-bond acceptors (Lipinski definition) is 6. The van der Waals surface area contributed by atoms with Gasteiger partial charge in [-0.25, -0.2) is 0 Å². The summed E-state index contributed by atoms with van der Waals surface area (Å²) < 4.78 is 12.0. The summed E-state index contributed by atoms with van der Waals surface area (Å²) in [4.78, 5) is 55.0. The molecule has 4 bridgehead atoms. The molecular formula is C36H28N2O6. The summed E-state index contributed by atoms with van der Waals surface area (Å²) >= 11 is 0. The molecule has 0 N–H and O–H groups in total. The molecule has 44 heavy (non-hydrogen) atoms. The molecule has 3 aromatic carbocycles. The highest BCUT2D eigenvalue weighted by molar-refractivity contribution is 6.23. The topological polar surface area (TPSA) is 93.2 Å². The Morgan fingerprint density at radius 2 is 0.659 bits per heavy atom. The summed E-state index contributed by atoms with van der Waals surface area (Å²) in [5.41, 5.74) is 1.14. The van der Waals surface area contributed by atoms with Gasteiger partial charge in [-0.3, -0.25) is 29.0 Å². The number of hydrogen-bond donors (Lipinski definition) is 0. The molecule has 6 aliphatic rings. The van der Waals surface area contributed by atoms with E-state index in [1.165, 1.54) is 9.80 Å². The number of allylic oxidation sites excluding steroid dienone is 4. The molecule has 8 nitrogen and oxygen atoms in total. The molecule has 4 amide bonds. The van der Waals surface area contributed by atoms with Crippen molar-refractivity contribution in [3.8, 4) is 23.0 Å². The van der Waals surface area contributed by atoms with Gasteiger partial charge in [0.15, 0.2) is 0 Å². The zero-order chi connectivity index (χ0) is 29.7. The van der Waals surface area contributed by atoms with Gasteiger partial charge in [0.2, 0.25) is 23.6 Å². The van der Waals surface area contributed by atoms with Crippen molar-refractivity contribution in [3.05, 3.63) is 97.1 Å². The summed E-state index contributed by atoms with van der Waals surface area (Å²) in [5, 5.41) is 0. The van der Waals surface area contributed by atoms with Gasteiger partial charge in [0.05, 0.1) is 35.0 Å². The van der Waals surface area contributed by atoms with Crippen LogP contribution in [0.25, 0.3) is 0 Å². The minimum Gasteiger partial charge on any atom is -0.457 e. The number of imide groups is 2. The summed E-state index contributed by atoms with van der Waals surface area (Å²) in [5.74, 6) is 1.81. The van der Waals surface area contributed by atoms with Gasteiger partial charge in [-0.2, -0.15) is 0 Å². The molecule has 0 radical (unpaired) electrons. The highest BCUT2D eigenvalue weighted by Crippen LogP contribution is 2.54. The van der Waals surface area contributed by atoms with Crippen LogP contribution in [0.4, 0.5) is 11.4 Å². The van der Waals surface area contributed by atoms with Gasteiger partial charge >= 0.3 is 0 Å². The van der Waals surface area contributed by atoms with Gasteiger partial charge in [-0.05, 0) is 109 Å². The Morgan fingerprint density at radius 3 is 0.932 bits per heavy atom. The van der Waals surface area contributed by atoms with E-state index in [-0.39, 0.29) is 71.0 Å². The monoisotopic (exact) mass is 584 g/mol. The number of anilines is 2. The van der Waals surface area contributed by atoms with E-state index in [1.807, 2.05) is 0 Å². The van der Waals surface area contributed by atoms with Gasteiger partial charge in [0.1, 0.15) is 23.0 Å². The Balaban J connectivity index is 0.835. The summed E-state index contributed by atoms with van der Waals surface area (Å²) in [6, 6.07) is 21.2. The van der Waals surface area contributed by atoms with Gasteiger partial charge in [-0.1, -0.05) is 24.3 Å². The highest BCUT2D eigenvalue weighted by atomic mass is 16.5. The molecule has 8 heteroatoms. The summed E-state index contributed by atoms with van der Waals surface area (Å²) in [6.07, 6.45) is 10.2. The summed E-state index contributed by atoms with van der Waals surface area (Å²) in [6.45, 7) is 0. The van der Waals surface area contributed by atoms with Crippen LogP contribution in [-0.2, 0) is 19.2 Å². The molecule has 9 rings (SSSR count). The second-order valence-corrected chi connectivity index (χ2v) is 12.7. The van der Waals surface area contributed by atoms with Crippen LogP contribution in [0.15, 0.2) is 97.1 Å². The van der Waals surface area contributed by atoms with E-state index in [2.05, 4.69) is 24.3 Å². The van der Waals surface area contributed by atoms with Crippen molar-refractivity contribution in [3.63, 3.8) is 0 Å². The summed E-state index contributed by atoms with van der Waals surface area (Å²) in [7, 11) is 0. The van der Waals surface area contributed by atoms with Crippen LogP contribution in [-0.4, -0.2) is 23.6 Å². The molecule has 0 spiro atoms. The van der Waals surface area contributed by atoms with E-state index in [1.54, 1.807) is 72.8 Å². The van der Waals surface area contributed by atoms with Crippen molar-refractivity contribution in [2.45, 2.75) is 12.8 Å². The maximum atomic E-state index is 13.1. The molecule has 2 saturated carbocycles. The first-order valence-electron chi connectivity index (χ1n) is 15.2. The average Bonchev–Trinajstić information content (AvgIpc) is 3.89. The molecule has 4 fully saturated rings. The lowest BCUT2D eigenvalue weighted by Gasteiger charge is -2.18. The van der Waals surface area contributed by atoms with Gasteiger partial charge < -0.3 is 9.47 Å². The van der Waals surface area contributed by atoms with Crippen molar-refractivity contribution >= 4 is 35.0 Å². The normalized spacial score (nSPS) is 32.3. The first-order valence-corrected chi connectivity index (χ1v) is 15.2. The van der Waals surface area contributed by atoms with Crippen molar-refractivity contribution in [1.29, 1.82) is 0 Å². The Labute approximate surface area is 253 Å². The van der Waals surface area contributed by atoms with Crippen LogP contribution >= 0.6 is 0 Å². The third kappa shape index (κ3) is 3.63. The van der Waals surface area contributed by atoms with E-state index < -0.39 is 0 Å². The zero-order valence-electron chi connectivity index (χ0n) is 23.6. The number of amides is 4. The Bertz CT molecular complexity index is 1600. The van der Waals surface area contributed by atoms with Crippen LogP contribution in [0.2, 0.25) is 0 Å². The maximum Gasteiger partial charge on any atom is 0.238 e. The second-order valence-electron chi connectivity index (χ2n) is 12.7. The van der Waals surface area contributed by atoms with Crippen LogP contribution in [0.1, 0.15) is 12.8 Å². The quantitative estimate of drug-likeness (QED) is 0.265. The molecule has 218 valence electrons. The standard InChI is InChI=1S/C36H28N2O6/c39-33-29-19-1-2-20(17-19)30(29)34(40)37(33)23-5-9-25(10-6-23)43-27-13-15-28(16-14-27)44-26-11-7-24(8-12-26)38-35(41)31-21-3-4-22(18-21)32(31)36(38)42/h1-16,19-22,29-32H,17-18H2/t19-,20+,21-,22+,29+,30-,31+,32-. The van der Waals surface area contributed by atoms with Crippen LogP contribution in [0, 0.1) is 47.3 Å². The van der Waals surface area contributed by atoms with Crippen molar-refractivity contribution in [2.24, 2.45) is 47.3 Å². The number of ether oxygens (including phenoxy) is 2. The fourth-order valence-corrected chi connectivity index (χ4v) is 8.49. The second kappa shape index (κ2) is 9.26. The lowest BCUT2D eigenvalue weighted by atomic mass is 9.85. The van der Waals surface area contributed by atoms with E-state index in [0.717, 1.165) is 12.8 Å². The fraction of sp³-hybridized carbons (Fsp3) is 0.278. The molecule has 2 saturated heterocycles. The predicted molar refractivity (Wildman–Crippen MR) is 160 cm³/mol. The molecule has 3 aromatic rings. The zero-order valence-corrected chi connectivity index (χ0v) is 23.6. The first kappa shape index (κ1) is 25.5. The van der Waals surface area contributed by atoms with Crippen LogP contribution < -0.4 is 19.3 Å². The van der Waals surface area contributed by atoms with Crippen molar-refractivity contribution < 1.29 is 28.7 Å². The lowest BCUT2D eigenvalue weighted by Crippen LogP contribution is -2.32. The van der Waals surface area contributed by atoms with Gasteiger partial charge in [0.25, 0.3) is 0 Å². The van der Waals surface area contributed by atoms with Crippen LogP contribution in [0.3, 0.4) is 0 Å². The van der Waals surface area contributed by atoms with E-state index >= 15 is 0 Å². The Morgan fingerprint density at radius 1 is 0.409 bits per heavy atom. The smallest absolute Gasteiger partial charge is 0.238 e. The number of carbonyl (C=O) groups excluding carboxylic acids is 4. The minimum absolute atomic E-state index is 0.0969. The van der Waals surface area contributed by atoms with Crippen LogP contribution in [0.5, 0.6) is 23.0 Å². The molecule has 0 aromatic heterocycles. The molecule has 8 atom stereocenters. The Kier molecular flexibility index (Phi) is 5.37. The maximum absolute atomic E-state index is 13.1. The van der Waals surface area contributed by atoms with Gasteiger partial charge in [0, 0.05) is 0 Å². The largest absolute Gasteiger partial charge is 0.457 e. The number of rotatable bonds is 6. The SMILES string of the molecule is O=C1[C@@H]2[C@H](C(=O)N1c1ccc(Oc3ccc(Oc4ccc(N5C(=O)[C@@H]6[C@H](C5=O)[C@H]5C=C[C@@H]6C5)cc4)cc3)cc1)[C@H]1C=C[C@@H]2C1. The number of fused-ring (bicyclic) bond motifs is 10. The van der Waals surface area contributed by atoms with E-state index in [0.29, 0.717) is 34.4 Å².